The molecule has 0 aliphatic heterocycles. The first-order valence-corrected chi connectivity index (χ1v) is 8.62. The van der Waals surface area contributed by atoms with Crippen LogP contribution in [0, 0.1) is 0 Å². The zero-order chi connectivity index (χ0) is 15.7. The zero-order valence-corrected chi connectivity index (χ0v) is 17.6. The minimum Gasteiger partial charge on any atom is -0.356 e. The molecule has 0 aliphatic rings. The van der Waals surface area contributed by atoms with E-state index in [2.05, 4.69) is 65.7 Å². The number of nitrogens with one attached hydrogen (secondary N) is 2. The Balaban J connectivity index is 0.00000441. The molecular weight excluding hydrogens is 407 g/mol. The van der Waals surface area contributed by atoms with Crippen LogP contribution in [0.5, 0.6) is 0 Å². The van der Waals surface area contributed by atoms with Crippen molar-refractivity contribution in [3.63, 3.8) is 0 Å². The predicted octanol–water partition coefficient (Wildman–Crippen LogP) is 3.15. The summed E-state index contributed by atoms with van der Waals surface area (Å²) in [4.78, 5) is 8.10. The molecule has 128 valence electrons. The van der Waals surface area contributed by atoms with Crippen molar-refractivity contribution in [1.29, 1.82) is 0 Å². The lowest BCUT2D eigenvalue weighted by molar-refractivity contribution is 0.308. The molecule has 1 rings (SSSR count). The molecule has 0 atom stereocenters. The number of hydrogen-bond acceptors (Lipinski definition) is 3. The molecule has 0 aliphatic carbocycles. The van der Waals surface area contributed by atoms with Crippen LogP contribution >= 0.6 is 35.3 Å². The normalized spacial score (nSPS) is 12.2. The number of aliphatic imine (C=N–C) groups is 1. The summed E-state index contributed by atoms with van der Waals surface area (Å²) in [5.74, 6) is 0.881. The highest BCUT2D eigenvalue weighted by Gasteiger charge is 2.21. The SMILES string of the molecule is CCN(CC)CCNC(=NC)NCC(C)(C)c1cccs1.I. The van der Waals surface area contributed by atoms with Crippen molar-refractivity contribution >= 4 is 41.3 Å². The molecule has 0 amide bonds. The van der Waals surface area contributed by atoms with Gasteiger partial charge in [-0.05, 0) is 24.5 Å². The average Bonchev–Trinajstić information content (AvgIpc) is 3.02. The largest absolute Gasteiger partial charge is 0.356 e. The molecule has 0 saturated heterocycles. The minimum atomic E-state index is 0. The molecule has 22 heavy (non-hydrogen) atoms. The van der Waals surface area contributed by atoms with E-state index in [4.69, 9.17) is 0 Å². The van der Waals surface area contributed by atoms with E-state index < -0.39 is 0 Å². The van der Waals surface area contributed by atoms with Gasteiger partial charge < -0.3 is 15.5 Å². The number of guanidine groups is 1. The zero-order valence-electron chi connectivity index (χ0n) is 14.5. The summed E-state index contributed by atoms with van der Waals surface area (Å²) in [6.45, 7) is 13.9. The third-order valence-corrected chi connectivity index (χ3v) is 4.96. The Bertz CT molecular complexity index is 414. The van der Waals surface area contributed by atoms with E-state index in [1.807, 2.05) is 18.4 Å². The predicted molar refractivity (Wildman–Crippen MR) is 110 cm³/mol. The van der Waals surface area contributed by atoms with Crippen LogP contribution in [0.4, 0.5) is 0 Å². The molecule has 1 heterocycles. The van der Waals surface area contributed by atoms with Gasteiger partial charge in [-0.1, -0.05) is 33.8 Å². The first-order valence-electron chi connectivity index (χ1n) is 7.74. The van der Waals surface area contributed by atoms with E-state index in [0.717, 1.165) is 38.7 Å². The molecule has 0 radical (unpaired) electrons. The molecule has 0 spiro atoms. The van der Waals surface area contributed by atoms with Crippen LogP contribution in [0.2, 0.25) is 0 Å². The fraction of sp³-hybridized carbons (Fsp3) is 0.688. The Hall–Kier alpha value is -0.340. The van der Waals surface area contributed by atoms with Crippen molar-refractivity contribution in [1.82, 2.24) is 15.5 Å². The lowest BCUT2D eigenvalue weighted by atomic mass is 9.91. The molecule has 0 fully saturated rings. The average molecular weight is 438 g/mol. The second kappa shape index (κ2) is 11.2. The topological polar surface area (TPSA) is 39.7 Å². The van der Waals surface area contributed by atoms with Crippen molar-refractivity contribution in [2.24, 2.45) is 4.99 Å². The van der Waals surface area contributed by atoms with Gasteiger partial charge in [-0.15, -0.1) is 35.3 Å². The summed E-state index contributed by atoms with van der Waals surface area (Å²) in [7, 11) is 1.82. The summed E-state index contributed by atoms with van der Waals surface area (Å²) in [5.41, 5.74) is 0.116. The number of nitrogens with zero attached hydrogens (tertiary/aromatic N) is 2. The van der Waals surface area contributed by atoms with Gasteiger partial charge in [0.05, 0.1) is 0 Å². The number of likely N-dealkylation sites (N-methyl/N-ethyl adjacent to an activating group) is 1. The van der Waals surface area contributed by atoms with Gasteiger partial charge in [-0.3, -0.25) is 4.99 Å². The quantitative estimate of drug-likeness (QED) is 0.372. The van der Waals surface area contributed by atoms with Gasteiger partial charge in [0.15, 0.2) is 5.96 Å². The molecule has 0 bridgehead atoms. The van der Waals surface area contributed by atoms with Crippen molar-refractivity contribution in [3.05, 3.63) is 22.4 Å². The second-order valence-electron chi connectivity index (χ2n) is 5.74. The maximum Gasteiger partial charge on any atom is 0.191 e. The van der Waals surface area contributed by atoms with Gasteiger partial charge in [-0.2, -0.15) is 0 Å². The molecule has 6 heteroatoms. The number of hydrogen-bond donors (Lipinski definition) is 2. The van der Waals surface area contributed by atoms with Gasteiger partial charge >= 0.3 is 0 Å². The van der Waals surface area contributed by atoms with Gasteiger partial charge in [0, 0.05) is 37.0 Å². The van der Waals surface area contributed by atoms with Crippen LogP contribution in [-0.2, 0) is 5.41 Å². The smallest absolute Gasteiger partial charge is 0.191 e. The summed E-state index contributed by atoms with van der Waals surface area (Å²) >= 11 is 1.81. The van der Waals surface area contributed by atoms with Gasteiger partial charge in [0.25, 0.3) is 0 Å². The highest BCUT2D eigenvalue weighted by Crippen LogP contribution is 2.26. The van der Waals surface area contributed by atoms with Crippen molar-refractivity contribution < 1.29 is 0 Å². The maximum atomic E-state index is 4.30. The first kappa shape index (κ1) is 21.7. The molecule has 1 aromatic heterocycles. The Morgan fingerprint density at radius 1 is 1.27 bits per heavy atom. The van der Waals surface area contributed by atoms with Crippen LogP contribution in [0.15, 0.2) is 22.5 Å². The van der Waals surface area contributed by atoms with Crippen LogP contribution in [0.1, 0.15) is 32.6 Å². The van der Waals surface area contributed by atoms with Gasteiger partial charge in [0.2, 0.25) is 0 Å². The van der Waals surface area contributed by atoms with E-state index in [9.17, 15) is 0 Å². The van der Waals surface area contributed by atoms with Gasteiger partial charge in [0.1, 0.15) is 0 Å². The Labute approximate surface area is 156 Å². The van der Waals surface area contributed by atoms with E-state index >= 15 is 0 Å². The third-order valence-electron chi connectivity index (χ3n) is 3.72. The molecule has 0 unspecified atom stereocenters. The van der Waals surface area contributed by atoms with Crippen LogP contribution in [0.25, 0.3) is 0 Å². The summed E-state index contributed by atoms with van der Waals surface area (Å²) in [5, 5.41) is 8.95. The molecular formula is C16H31IN4S. The summed E-state index contributed by atoms with van der Waals surface area (Å²) < 4.78 is 0. The fourth-order valence-corrected chi connectivity index (χ4v) is 3.00. The highest BCUT2D eigenvalue weighted by atomic mass is 127. The maximum absolute atomic E-state index is 4.30. The lowest BCUT2D eigenvalue weighted by Crippen LogP contribution is -2.45. The molecule has 4 nitrogen and oxygen atoms in total. The van der Waals surface area contributed by atoms with E-state index in [0.29, 0.717) is 0 Å². The van der Waals surface area contributed by atoms with Crippen LogP contribution < -0.4 is 10.6 Å². The Morgan fingerprint density at radius 3 is 2.45 bits per heavy atom. The molecule has 0 saturated carbocycles. The van der Waals surface area contributed by atoms with Crippen LogP contribution in [0.3, 0.4) is 0 Å². The second-order valence-corrected chi connectivity index (χ2v) is 6.69. The van der Waals surface area contributed by atoms with E-state index in [1.165, 1.54) is 4.88 Å². The van der Waals surface area contributed by atoms with E-state index in [1.54, 1.807) is 0 Å². The Morgan fingerprint density at radius 2 is 1.95 bits per heavy atom. The summed E-state index contributed by atoms with van der Waals surface area (Å²) in [6.07, 6.45) is 0. The van der Waals surface area contributed by atoms with Crippen molar-refractivity contribution in [2.45, 2.75) is 33.1 Å². The van der Waals surface area contributed by atoms with E-state index in [-0.39, 0.29) is 29.4 Å². The van der Waals surface area contributed by atoms with Gasteiger partial charge in [-0.25, -0.2) is 0 Å². The number of rotatable bonds is 8. The fourth-order valence-electron chi connectivity index (χ4n) is 2.15. The lowest BCUT2D eigenvalue weighted by Gasteiger charge is -2.25. The Kier molecular flexibility index (Phi) is 11.1. The highest BCUT2D eigenvalue weighted by molar-refractivity contribution is 14.0. The standard InChI is InChI=1S/C16H30N4S.HI/c1-6-20(7-2)11-10-18-15(17-5)19-13-16(3,4)14-9-8-12-21-14;/h8-9,12H,6-7,10-11,13H2,1-5H3,(H2,17,18,19);1H. The molecule has 1 aromatic rings. The third kappa shape index (κ3) is 7.28. The molecule has 0 aromatic carbocycles. The first-order chi connectivity index (χ1) is 10.0. The van der Waals surface area contributed by atoms with Crippen molar-refractivity contribution in [2.75, 3.05) is 39.8 Å². The molecule has 2 N–H and O–H groups in total. The van der Waals surface area contributed by atoms with Crippen molar-refractivity contribution in [3.8, 4) is 0 Å². The summed E-state index contributed by atoms with van der Waals surface area (Å²) in [6, 6.07) is 4.31. The monoisotopic (exact) mass is 438 g/mol. The minimum absolute atomic E-state index is 0. The van der Waals surface area contributed by atoms with Crippen LogP contribution in [-0.4, -0.2) is 50.6 Å². The number of halogens is 1. The number of thiophene rings is 1.